The molecule has 0 spiro atoms. The molecule has 16 heavy (non-hydrogen) atoms. The molecule has 0 aliphatic heterocycles. The fourth-order valence-corrected chi connectivity index (χ4v) is 3.38. The highest BCUT2D eigenvalue weighted by atomic mass is 79.9. The molecular formula is C11H19BrN4. The largest absolute Gasteiger partial charge is 0.330 e. The Morgan fingerprint density at radius 3 is 2.75 bits per heavy atom. The van der Waals surface area contributed by atoms with Crippen LogP contribution in [0.3, 0.4) is 0 Å². The molecule has 0 radical (unpaired) electrons. The Kier molecular flexibility index (Phi) is 3.97. The average Bonchev–Trinajstić information content (AvgIpc) is 2.52. The van der Waals surface area contributed by atoms with Crippen molar-refractivity contribution in [2.24, 2.45) is 18.7 Å². The summed E-state index contributed by atoms with van der Waals surface area (Å²) in [7, 11) is 1.96. The maximum absolute atomic E-state index is 5.90. The zero-order valence-corrected chi connectivity index (χ0v) is 11.3. The summed E-state index contributed by atoms with van der Waals surface area (Å²) in [5, 5.41) is 8.15. The Hall–Kier alpha value is -0.420. The van der Waals surface area contributed by atoms with Gasteiger partial charge >= 0.3 is 0 Å². The van der Waals surface area contributed by atoms with E-state index in [-0.39, 0.29) is 0 Å². The van der Waals surface area contributed by atoms with E-state index in [0.29, 0.717) is 11.8 Å². The van der Waals surface area contributed by atoms with Crippen molar-refractivity contribution in [2.45, 2.75) is 38.0 Å². The van der Waals surface area contributed by atoms with Gasteiger partial charge in [-0.1, -0.05) is 24.5 Å². The van der Waals surface area contributed by atoms with E-state index in [0.717, 1.165) is 11.1 Å². The molecule has 1 aliphatic rings. The Labute approximate surface area is 105 Å². The van der Waals surface area contributed by atoms with Crippen molar-refractivity contribution >= 4 is 15.9 Å². The van der Waals surface area contributed by atoms with Gasteiger partial charge in [0, 0.05) is 13.0 Å². The van der Waals surface area contributed by atoms with E-state index < -0.39 is 0 Å². The Balaban J connectivity index is 2.28. The fraction of sp³-hybridized carbons (Fsp3) is 0.818. The summed E-state index contributed by atoms with van der Waals surface area (Å²) >= 11 is 3.50. The number of halogens is 1. The molecule has 0 bridgehead atoms. The van der Waals surface area contributed by atoms with Gasteiger partial charge in [-0.3, -0.25) is 4.68 Å². The molecule has 1 aliphatic carbocycles. The lowest BCUT2D eigenvalue weighted by Gasteiger charge is -2.23. The predicted octanol–water partition coefficient (Wildman–Crippen LogP) is 2.20. The van der Waals surface area contributed by atoms with E-state index in [2.05, 4.69) is 26.2 Å². The Morgan fingerprint density at radius 1 is 1.38 bits per heavy atom. The van der Waals surface area contributed by atoms with Crippen molar-refractivity contribution in [1.29, 1.82) is 0 Å². The summed E-state index contributed by atoms with van der Waals surface area (Å²) < 4.78 is 2.78. The lowest BCUT2D eigenvalue weighted by molar-refractivity contribution is 0.389. The van der Waals surface area contributed by atoms with Gasteiger partial charge in [0.2, 0.25) is 0 Å². The third kappa shape index (κ3) is 2.30. The van der Waals surface area contributed by atoms with Gasteiger partial charge in [0.25, 0.3) is 0 Å². The minimum atomic E-state index is 0.516. The number of nitrogens with two attached hydrogens (primary N) is 1. The number of rotatable bonds is 2. The van der Waals surface area contributed by atoms with Crippen LogP contribution in [0.25, 0.3) is 0 Å². The highest BCUT2D eigenvalue weighted by molar-refractivity contribution is 9.10. The van der Waals surface area contributed by atoms with Crippen molar-refractivity contribution in [1.82, 2.24) is 15.0 Å². The molecule has 2 N–H and O–H groups in total. The number of hydrogen-bond acceptors (Lipinski definition) is 3. The molecule has 1 saturated carbocycles. The third-order valence-corrected chi connectivity index (χ3v) is 4.20. The maximum atomic E-state index is 5.90. The molecule has 4 nitrogen and oxygen atoms in total. The number of aromatic nitrogens is 3. The van der Waals surface area contributed by atoms with Gasteiger partial charge in [0.05, 0.1) is 5.69 Å². The van der Waals surface area contributed by atoms with E-state index in [1.54, 1.807) is 0 Å². The molecule has 0 saturated heterocycles. The van der Waals surface area contributed by atoms with Gasteiger partial charge in [-0.2, -0.15) is 0 Å². The van der Waals surface area contributed by atoms with Gasteiger partial charge in [-0.05, 0) is 41.2 Å². The third-order valence-electron chi connectivity index (χ3n) is 3.64. The quantitative estimate of drug-likeness (QED) is 0.848. The van der Waals surface area contributed by atoms with E-state index in [1.165, 1.54) is 37.8 Å². The molecule has 2 unspecified atom stereocenters. The van der Waals surface area contributed by atoms with Crippen LogP contribution in [0.15, 0.2) is 4.60 Å². The van der Waals surface area contributed by atoms with Gasteiger partial charge in [-0.25, -0.2) is 0 Å². The maximum Gasteiger partial charge on any atom is 0.151 e. The molecule has 1 fully saturated rings. The first kappa shape index (κ1) is 12.0. The summed E-state index contributed by atoms with van der Waals surface area (Å²) in [4.78, 5) is 0. The van der Waals surface area contributed by atoms with Crippen LogP contribution in [0.2, 0.25) is 0 Å². The number of hydrogen-bond donors (Lipinski definition) is 1. The van der Waals surface area contributed by atoms with E-state index in [4.69, 9.17) is 5.73 Å². The van der Waals surface area contributed by atoms with Crippen LogP contribution >= 0.6 is 15.9 Å². The smallest absolute Gasteiger partial charge is 0.151 e. The second-order valence-electron chi connectivity index (χ2n) is 4.63. The lowest BCUT2D eigenvalue weighted by atomic mass is 9.85. The summed E-state index contributed by atoms with van der Waals surface area (Å²) in [5.74, 6) is 1.10. The SMILES string of the molecule is Cn1nnc(Br)c1C1CCCCCC1CN. The summed E-state index contributed by atoms with van der Waals surface area (Å²) in [6.07, 6.45) is 6.37. The molecular weight excluding hydrogens is 268 g/mol. The summed E-state index contributed by atoms with van der Waals surface area (Å²) in [5.41, 5.74) is 7.12. The molecule has 2 atom stereocenters. The highest BCUT2D eigenvalue weighted by Gasteiger charge is 2.28. The van der Waals surface area contributed by atoms with Gasteiger partial charge in [0.1, 0.15) is 0 Å². The molecule has 2 rings (SSSR count). The van der Waals surface area contributed by atoms with Crippen LogP contribution in [-0.4, -0.2) is 21.5 Å². The van der Waals surface area contributed by atoms with Crippen molar-refractivity contribution in [3.8, 4) is 0 Å². The van der Waals surface area contributed by atoms with Crippen LogP contribution in [0, 0.1) is 5.92 Å². The Morgan fingerprint density at radius 2 is 2.12 bits per heavy atom. The minimum absolute atomic E-state index is 0.516. The second-order valence-corrected chi connectivity index (χ2v) is 5.38. The number of aryl methyl sites for hydroxylation is 1. The normalized spacial score (nSPS) is 26.7. The average molecular weight is 287 g/mol. The van der Waals surface area contributed by atoms with Crippen LogP contribution < -0.4 is 5.73 Å². The van der Waals surface area contributed by atoms with Crippen molar-refractivity contribution < 1.29 is 0 Å². The van der Waals surface area contributed by atoms with Crippen molar-refractivity contribution in [2.75, 3.05) is 6.54 Å². The highest BCUT2D eigenvalue weighted by Crippen LogP contribution is 2.37. The molecule has 1 heterocycles. The zero-order chi connectivity index (χ0) is 11.5. The number of nitrogens with zero attached hydrogens (tertiary/aromatic N) is 3. The monoisotopic (exact) mass is 286 g/mol. The second kappa shape index (κ2) is 5.27. The summed E-state index contributed by atoms with van der Waals surface area (Å²) in [6.45, 7) is 0.766. The molecule has 1 aromatic rings. The Bertz CT molecular complexity index is 330. The zero-order valence-electron chi connectivity index (χ0n) is 9.69. The van der Waals surface area contributed by atoms with Crippen molar-refractivity contribution in [3.05, 3.63) is 10.3 Å². The minimum Gasteiger partial charge on any atom is -0.330 e. The summed E-state index contributed by atoms with van der Waals surface area (Å²) in [6, 6.07) is 0. The van der Waals surface area contributed by atoms with Crippen LogP contribution in [-0.2, 0) is 7.05 Å². The van der Waals surface area contributed by atoms with Crippen LogP contribution in [0.1, 0.15) is 43.7 Å². The fourth-order valence-electron chi connectivity index (χ4n) is 2.76. The van der Waals surface area contributed by atoms with E-state index >= 15 is 0 Å². The lowest BCUT2D eigenvalue weighted by Crippen LogP contribution is -2.23. The van der Waals surface area contributed by atoms with Gasteiger partial charge < -0.3 is 5.73 Å². The molecule has 5 heteroatoms. The molecule has 0 amide bonds. The van der Waals surface area contributed by atoms with E-state index in [1.807, 2.05) is 11.7 Å². The van der Waals surface area contributed by atoms with E-state index in [9.17, 15) is 0 Å². The molecule has 90 valence electrons. The first-order valence-corrected chi connectivity index (χ1v) is 6.78. The van der Waals surface area contributed by atoms with Gasteiger partial charge in [-0.15, -0.1) is 5.10 Å². The first-order valence-electron chi connectivity index (χ1n) is 5.99. The first-order chi connectivity index (χ1) is 7.74. The topological polar surface area (TPSA) is 56.7 Å². The van der Waals surface area contributed by atoms with Gasteiger partial charge in [0.15, 0.2) is 4.60 Å². The predicted molar refractivity (Wildman–Crippen MR) is 67.1 cm³/mol. The standard InChI is InChI=1S/C11H19BrN4/c1-16-10(11(12)14-15-16)9-6-4-2-3-5-8(9)7-13/h8-9H,2-7,13H2,1H3. The molecule has 0 aromatic carbocycles. The van der Waals surface area contributed by atoms with Crippen molar-refractivity contribution in [3.63, 3.8) is 0 Å². The molecule has 1 aromatic heterocycles. The van der Waals surface area contributed by atoms with Crippen LogP contribution in [0.4, 0.5) is 0 Å². The van der Waals surface area contributed by atoms with Crippen LogP contribution in [0.5, 0.6) is 0 Å².